The van der Waals surface area contributed by atoms with E-state index in [1.165, 1.54) is 6.42 Å². The van der Waals surface area contributed by atoms with Gasteiger partial charge < -0.3 is 14.8 Å². The van der Waals surface area contributed by atoms with E-state index in [2.05, 4.69) is 11.9 Å². The molecule has 0 unspecified atom stereocenters. The van der Waals surface area contributed by atoms with Gasteiger partial charge in [0.1, 0.15) is 0 Å². The molecule has 0 aliphatic carbocycles. The van der Waals surface area contributed by atoms with Crippen LogP contribution in [0, 0.1) is 0 Å². The van der Waals surface area contributed by atoms with Crippen LogP contribution in [-0.2, 0) is 9.47 Å². The van der Waals surface area contributed by atoms with Crippen LogP contribution >= 0.6 is 0 Å². The van der Waals surface area contributed by atoms with Crippen LogP contribution in [-0.4, -0.2) is 40.0 Å². The Hall–Kier alpha value is -0.380. The Bertz CT molecular complexity index is 118. The van der Waals surface area contributed by atoms with Gasteiger partial charge in [-0.05, 0) is 25.8 Å². The molecule has 0 bridgehead atoms. The molecule has 0 aliphatic rings. The Morgan fingerprint density at radius 2 is 2.00 bits per heavy atom. The zero-order chi connectivity index (χ0) is 10.5. The number of ether oxygens (including phenoxy) is 2. The van der Waals surface area contributed by atoms with Crippen molar-refractivity contribution < 1.29 is 9.47 Å². The molecule has 0 aromatic carbocycles. The van der Waals surface area contributed by atoms with Gasteiger partial charge in [0.2, 0.25) is 0 Å². The highest BCUT2D eigenvalue weighted by Gasteiger charge is 1.89. The van der Waals surface area contributed by atoms with Crippen LogP contribution in [0.2, 0.25) is 0 Å². The zero-order valence-electron chi connectivity index (χ0n) is 9.26. The van der Waals surface area contributed by atoms with Gasteiger partial charge in [-0.25, -0.2) is 0 Å². The summed E-state index contributed by atoms with van der Waals surface area (Å²) in [6.07, 6.45) is 5.10. The summed E-state index contributed by atoms with van der Waals surface area (Å²) in [6.45, 7) is 8.05. The Morgan fingerprint density at radius 1 is 1.14 bits per heavy atom. The molecule has 3 nitrogen and oxygen atoms in total. The molecule has 0 saturated heterocycles. The fraction of sp³-hybridized carbons (Fsp3) is 0.818. The van der Waals surface area contributed by atoms with Crippen LogP contribution in [0.4, 0.5) is 0 Å². The third kappa shape index (κ3) is 11.6. The lowest BCUT2D eigenvalue weighted by atomic mass is 10.3. The maximum Gasteiger partial charge on any atom is 0.0591 e. The molecule has 0 amide bonds. The molecule has 0 aliphatic heterocycles. The summed E-state index contributed by atoms with van der Waals surface area (Å²) < 4.78 is 10.3. The summed E-state index contributed by atoms with van der Waals surface area (Å²) in [5.41, 5.74) is 0. The van der Waals surface area contributed by atoms with Crippen molar-refractivity contribution in [1.82, 2.24) is 5.32 Å². The quantitative estimate of drug-likeness (QED) is 0.407. The first-order valence-corrected chi connectivity index (χ1v) is 5.30. The first kappa shape index (κ1) is 13.6. The molecule has 3 heteroatoms. The lowest BCUT2D eigenvalue weighted by Gasteiger charge is -2.04. The Balaban J connectivity index is 2.81. The van der Waals surface area contributed by atoms with E-state index in [4.69, 9.17) is 9.47 Å². The van der Waals surface area contributed by atoms with Crippen LogP contribution in [0.3, 0.4) is 0 Å². The molecule has 0 aromatic rings. The fourth-order valence-corrected chi connectivity index (χ4v) is 1.03. The average Bonchev–Trinajstić information content (AvgIpc) is 2.21. The third-order valence-electron chi connectivity index (χ3n) is 1.84. The van der Waals surface area contributed by atoms with Crippen LogP contribution in [0.5, 0.6) is 0 Å². The highest BCUT2D eigenvalue weighted by Crippen LogP contribution is 1.86. The summed E-state index contributed by atoms with van der Waals surface area (Å²) in [6, 6.07) is 0. The van der Waals surface area contributed by atoms with E-state index in [0.29, 0.717) is 0 Å². The van der Waals surface area contributed by atoms with Crippen molar-refractivity contribution in [2.45, 2.75) is 19.3 Å². The van der Waals surface area contributed by atoms with Crippen LogP contribution in [0.25, 0.3) is 0 Å². The topological polar surface area (TPSA) is 30.5 Å². The molecule has 0 spiro atoms. The molecule has 0 radical (unpaired) electrons. The SMILES string of the molecule is C=CCCOCCNCCCCOC. The molecular formula is C11H23NO2. The van der Waals surface area contributed by atoms with Gasteiger partial charge in [-0.2, -0.15) is 0 Å². The second-order valence-electron chi connectivity index (χ2n) is 3.14. The maximum absolute atomic E-state index is 5.34. The van der Waals surface area contributed by atoms with E-state index in [0.717, 1.165) is 45.8 Å². The highest BCUT2D eigenvalue weighted by atomic mass is 16.5. The predicted octanol–water partition coefficient (Wildman–Crippen LogP) is 1.60. The van der Waals surface area contributed by atoms with Crippen molar-refractivity contribution in [3.05, 3.63) is 12.7 Å². The monoisotopic (exact) mass is 201 g/mol. The lowest BCUT2D eigenvalue weighted by Crippen LogP contribution is -2.21. The molecule has 0 atom stereocenters. The third-order valence-corrected chi connectivity index (χ3v) is 1.84. The van der Waals surface area contributed by atoms with E-state index in [1.54, 1.807) is 7.11 Å². The van der Waals surface area contributed by atoms with Crippen molar-refractivity contribution in [2.75, 3.05) is 40.0 Å². The van der Waals surface area contributed by atoms with Gasteiger partial charge in [0, 0.05) is 20.3 Å². The first-order chi connectivity index (χ1) is 6.91. The second kappa shape index (κ2) is 12.6. The predicted molar refractivity (Wildman–Crippen MR) is 59.6 cm³/mol. The summed E-state index contributed by atoms with van der Waals surface area (Å²) in [5, 5.41) is 3.31. The van der Waals surface area contributed by atoms with Gasteiger partial charge >= 0.3 is 0 Å². The van der Waals surface area contributed by atoms with Gasteiger partial charge in [-0.15, -0.1) is 6.58 Å². The summed E-state index contributed by atoms with van der Waals surface area (Å²) >= 11 is 0. The van der Waals surface area contributed by atoms with Crippen LogP contribution in [0.1, 0.15) is 19.3 Å². The van der Waals surface area contributed by atoms with Gasteiger partial charge in [-0.3, -0.25) is 0 Å². The normalized spacial score (nSPS) is 10.4. The number of unbranched alkanes of at least 4 members (excludes halogenated alkanes) is 1. The Labute approximate surface area is 87.5 Å². The number of rotatable bonds is 11. The van der Waals surface area contributed by atoms with E-state index in [-0.39, 0.29) is 0 Å². The standard InChI is InChI=1S/C11H23NO2/c1-3-4-10-14-11-8-12-7-5-6-9-13-2/h3,12H,1,4-11H2,2H3. The highest BCUT2D eigenvalue weighted by molar-refractivity contribution is 4.64. The lowest BCUT2D eigenvalue weighted by molar-refractivity contribution is 0.140. The maximum atomic E-state index is 5.34. The smallest absolute Gasteiger partial charge is 0.0591 e. The molecule has 0 fully saturated rings. The molecular weight excluding hydrogens is 178 g/mol. The van der Waals surface area contributed by atoms with Gasteiger partial charge in [0.15, 0.2) is 0 Å². The van der Waals surface area contributed by atoms with Crippen molar-refractivity contribution >= 4 is 0 Å². The largest absolute Gasteiger partial charge is 0.385 e. The Morgan fingerprint density at radius 3 is 2.71 bits per heavy atom. The van der Waals surface area contributed by atoms with Gasteiger partial charge in [0.25, 0.3) is 0 Å². The number of hydrogen-bond donors (Lipinski definition) is 1. The Kier molecular flexibility index (Phi) is 12.3. The van der Waals surface area contributed by atoms with E-state index in [1.807, 2.05) is 6.08 Å². The minimum absolute atomic E-state index is 0.787. The van der Waals surface area contributed by atoms with Crippen LogP contribution in [0.15, 0.2) is 12.7 Å². The first-order valence-electron chi connectivity index (χ1n) is 5.30. The molecule has 0 saturated carbocycles. The number of methoxy groups -OCH3 is 1. The molecule has 84 valence electrons. The van der Waals surface area contributed by atoms with E-state index in [9.17, 15) is 0 Å². The zero-order valence-corrected chi connectivity index (χ0v) is 9.26. The number of nitrogens with one attached hydrogen (secondary N) is 1. The van der Waals surface area contributed by atoms with E-state index < -0.39 is 0 Å². The molecule has 1 N–H and O–H groups in total. The second-order valence-corrected chi connectivity index (χ2v) is 3.14. The number of hydrogen-bond acceptors (Lipinski definition) is 3. The van der Waals surface area contributed by atoms with Gasteiger partial charge in [0.05, 0.1) is 13.2 Å². The van der Waals surface area contributed by atoms with E-state index >= 15 is 0 Å². The average molecular weight is 201 g/mol. The van der Waals surface area contributed by atoms with Crippen molar-refractivity contribution in [3.8, 4) is 0 Å². The summed E-state index contributed by atoms with van der Waals surface area (Å²) in [4.78, 5) is 0. The van der Waals surface area contributed by atoms with Crippen molar-refractivity contribution in [3.63, 3.8) is 0 Å². The van der Waals surface area contributed by atoms with Crippen molar-refractivity contribution in [2.24, 2.45) is 0 Å². The van der Waals surface area contributed by atoms with Crippen molar-refractivity contribution in [1.29, 1.82) is 0 Å². The molecule has 0 rings (SSSR count). The molecule has 0 aromatic heterocycles. The minimum atomic E-state index is 0.787. The molecule has 14 heavy (non-hydrogen) atoms. The summed E-state index contributed by atoms with van der Waals surface area (Å²) in [7, 11) is 1.74. The molecule has 0 heterocycles. The minimum Gasteiger partial charge on any atom is -0.385 e. The van der Waals surface area contributed by atoms with Gasteiger partial charge in [-0.1, -0.05) is 6.08 Å². The fourth-order valence-electron chi connectivity index (χ4n) is 1.03. The van der Waals surface area contributed by atoms with Crippen LogP contribution < -0.4 is 5.32 Å². The summed E-state index contributed by atoms with van der Waals surface area (Å²) in [5.74, 6) is 0.